The minimum atomic E-state index is -0.251. The Morgan fingerprint density at radius 2 is 1.83 bits per heavy atom. The minimum absolute atomic E-state index is 0.0271. The first-order valence-corrected chi connectivity index (χ1v) is 10.8. The lowest BCUT2D eigenvalue weighted by atomic mass is 9.96. The smallest absolute Gasteiger partial charge is 0.252 e. The van der Waals surface area contributed by atoms with Gasteiger partial charge in [-0.1, -0.05) is 42.5 Å². The fraction of sp³-hybridized carbons (Fsp3) is 0.269. The van der Waals surface area contributed by atoms with Gasteiger partial charge in [-0.2, -0.15) is 0 Å². The third-order valence-electron chi connectivity index (χ3n) is 6.87. The summed E-state index contributed by atoms with van der Waals surface area (Å²) in [6.07, 6.45) is 4.12. The van der Waals surface area contributed by atoms with E-state index in [1.807, 2.05) is 6.92 Å². The number of aromatic nitrogens is 1. The second-order valence-corrected chi connectivity index (χ2v) is 8.82. The van der Waals surface area contributed by atoms with Crippen molar-refractivity contribution in [2.24, 2.45) is 0 Å². The third kappa shape index (κ3) is 2.67. The summed E-state index contributed by atoms with van der Waals surface area (Å²) in [5.41, 5.74) is 3.93. The quantitative estimate of drug-likeness (QED) is 0.528. The van der Waals surface area contributed by atoms with E-state index in [4.69, 9.17) is 0 Å². The van der Waals surface area contributed by atoms with Gasteiger partial charge in [-0.05, 0) is 65.3 Å². The molecule has 6 rings (SSSR count). The summed E-state index contributed by atoms with van der Waals surface area (Å²) in [7, 11) is 0. The molecule has 2 heterocycles. The molecule has 1 saturated heterocycles. The lowest BCUT2D eigenvalue weighted by Crippen LogP contribution is -2.43. The summed E-state index contributed by atoms with van der Waals surface area (Å²) in [5.74, 6) is 0.0271. The topological polar surface area (TPSA) is 46.1 Å². The van der Waals surface area contributed by atoms with Crippen LogP contribution in [0.5, 0.6) is 0 Å². The number of amides is 1. The highest BCUT2D eigenvalue weighted by Crippen LogP contribution is 2.48. The zero-order chi connectivity index (χ0) is 20.3. The summed E-state index contributed by atoms with van der Waals surface area (Å²) >= 11 is 0. The van der Waals surface area contributed by atoms with Crippen molar-refractivity contribution in [1.29, 1.82) is 0 Å². The van der Waals surface area contributed by atoms with Gasteiger partial charge in [0, 0.05) is 30.4 Å². The van der Waals surface area contributed by atoms with E-state index in [0.717, 1.165) is 42.6 Å². The van der Waals surface area contributed by atoms with E-state index in [1.165, 1.54) is 21.7 Å². The van der Waals surface area contributed by atoms with Crippen LogP contribution < -0.4 is 10.6 Å². The van der Waals surface area contributed by atoms with Gasteiger partial charge in [0.05, 0.1) is 11.6 Å². The summed E-state index contributed by atoms with van der Waals surface area (Å²) in [4.78, 5) is 13.4. The van der Waals surface area contributed by atoms with E-state index in [1.54, 1.807) is 0 Å². The molecule has 0 radical (unpaired) electrons. The van der Waals surface area contributed by atoms with Crippen molar-refractivity contribution in [2.45, 2.75) is 31.3 Å². The second-order valence-electron chi connectivity index (χ2n) is 8.82. The largest absolute Gasteiger partial charge is 0.342 e. The van der Waals surface area contributed by atoms with Crippen LogP contribution in [0.1, 0.15) is 40.4 Å². The van der Waals surface area contributed by atoms with E-state index in [-0.39, 0.29) is 11.4 Å². The molecule has 4 heteroatoms. The molecule has 0 unspecified atom stereocenters. The number of carbonyl (C=O) groups is 1. The van der Waals surface area contributed by atoms with E-state index >= 15 is 0 Å². The lowest BCUT2D eigenvalue weighted by Gasteiger charge is -2.29. The summed E-state index contributed by atoms with van der Waals surface area (Å²) in [5, 5.41) is 10.4. The Balaban J connectivity index is 1.37. The fourth-order valence-electron chi connectivity index (χ4n) is 4.86. The highest BCUT2D eigenvalue weighted by Gasteiger charge is 2.46. The van der Waals surface area contributed by atoms with Crippen LogP contribution in [-0.2, 0) is 5.54 Å². The van der Waals surface area contributed by atoms with Crippen molar-refractivity contribution in [3.8, 4) is 0 Å². The van der Waals surface area contributed by atoms with Crippen molar-refractivity contribution in [2.75, 3.05) is 13.1 Å². The molecule has 30 heavy (non-hydrogen) atoms. The SMILES string of the molecule is Cc1cc2ccn(C3CNC3)c2cc1C(=O)NC1(c2cccc3ccccc23)CC1. The van der Waals surface area contributed by atoms with Gasteiger partial charge in [0.1, 0.15) is 0 Å². The van der Waals surface area contributed by atoms with Crippen molar-refractivity contribution in [1.82, 2.24) is 15.2 Å². The predicted molar refractivity (Wildman–Crippen MR) is 121 cm³/mol. The number of carbonyl (C=O) groups excluding carboxylic acids is 1. The van der Waals surface area contributed by atoms with Gasteiger partial charge in [0.25, 0.3) is 5.91 Å². The van der Waals surface area contributed by atoms with Crippen molar-refractivity contribution < 1.29 is 4.79 Å². The maximum atomic E-state index is 13.4. The average molecular weight is 396 g/mol. The predicted octanol–water partition coefficient (Wildman–Crippen LogP) is 4.67. The molecule has 150 valence electrons. The Bertz CT molecular complexity index is 1290. The normalized spacial score (nSPS) is 17.8. The number of fused-ring (bicyclic) bond motifs is 2. The molecule has 2 N–H and O–H groups in total. The number of nitrogens with zero attached hydrogens (tertiary/aromatic N) is 1. The number of rotatable bonds is 4. The molecule has 0 atom stereocenters. The summed E-state index contributed by atoms with van der Waals surface area (Å²) < 4.78 is 2.31. The van der Waals surface area contributed by atoms with Crippen LogP contribution in [-0.4, -0.2) is 23.6 Å². The molecule has 2 aliphatic rings. The molecule has 1 aliphatic carbocycles. The molecule has 1 amide bonds. The van der Waals surface area contributed by atoms with Crippen LogP contribution >= 0.6 is 0 Å². The first-order chi connectivity index (χ1) is 14.6. The number of aryl methyl sites for hydroxylation is 1. The third-order valence-corrected chi connectivity index (χ3v) is 6.87. The van der Waals surface area contributed by atoms with E-state index < -0.39 is 0 Å². The Kier molecular flexibility index (Phi) is 3.81. The van der Waals surface area contributed by atoms with Crippen LogP contribution in [0.4, 0.5) is 0 Å². The molecule has 4 aromatic rings. The van der Waals surface area contributed by atoms with E-state index in [2.05, 4.69) is 82.1 Å². The highest BCUT2D eigenvalue weighted by atomic mass is 16.1. The number of hydrogen-bond acceptors (Lipinski definition) is 2. The molecular weight excluding hydrogens is 370 g/mol. The van der Waals surface area contributed by atoms with E-state index in [0.29, 0.717) is 6.04 Å². The zero-order valence-electron chi connectivity index (χ0n) is 17.1. The average Bonchev–Trinajstić information content (AvgIpc) is 3.39. The molecule has 3 aromatic carbocycles. The zero-order valence-corrected chi connectivity index (χ0v) is 17.1. The summed E-state index contributed by atoms with van der Waals surface area (Å²) in [6, 6.07) is 21.7. The maximum absolute atomic E-state index is 13.4. The van der Waals surface area contributed by atoms with Gasteiger partial charge < -0.3 is 15.2 Å². The van der Waals surface area contributed by atoms with Crippen LogP contribution in [0.25, 0.3) is 21.7 Å². The molecule has 1 saturated carbocycles. The highest BCUT2D eigenvalue weighted by molar-refractivity contribution is 6.01. The first-order valence-electron chi connectivity index (χ1n) is 10.8. The molecule has 0 spiro atoms. The second kappa shape index (κ2) is 6.44. The van der Waals surface area contributed by atoms with Crippen LogP contribution in [0.2, 0.25) is 0 Å². The maximum Gasteiger partial charge on any atom is 0.252 e. The number of nitrogens with one attached hydrogen (secondary N) is 2. The molecule has 4 nitrogen and oxygen atoms in total. The lowest BCUT2D eigenvalue weighted by molar-refractivity contribution is 0.0930. The first kappa shape index (κ1) is 17.7. The van der Waals surface area contributed by atoms with Crippen LogP contribution in [0, 0.1) is 6.92 Å². The van der Waals surface area contributed by atoms with Crippen molar-refractivity contribution in [3.63, 3.8) is 0 Å². The van der Waals surface area contributed by atoms with Crippen molar-refractivity contribution in [3.05, 3.63) is 83.6 Å². The van der Waals surface area contributed by atoms with Crippen molar-refractivity contribution >= 4 is 27.6 Å². The molecular formula is C26H25N3O. The minimum Gasteiger partial charge on any atom is -0.342 e. The van der Waals surface area contributed by atoms with Gasteiger partial charge >= 0.3 is 0 Å². The fourth-order valence-corrected chi connectivity index (χ4v) is 4.86. The van der Waals surface area contributed by atoms with Crippen LogP contribution in [0.3, 0.4) is 0 Å². The van der Waals surface area contributed by atoms with Crippen LogP contribution in [0.15, 0.2) is 66.9 Å². The molecule has 0 bridgehead atoms. The molecule has 1 aromatic heterocycles. The van der Waals surface area contributed by atoms with Gasteiger partial charge in [0.15, 0.2) is 0 Å². The van der Waals surface area contributed by atoms with Gasteiger partial charge in [-0.25, -0.2) is 0 Å². The monoisotopic (exact) mass is 395 g/mol. The standard InChI is InChI=1S/C26H25N3O/c1-17-13-19-9-12-29(20-15-27-16-20)24(19)14-22(17)25(30)28-26(10-11-26)23-8-4-6-18-5-2-3-7-21(18)23/h2-9,12-14,20,27H,10-11,15-16H2,1H3,(H,28,30). The Hall–Kier alpha value is -3.11. The van der Waals surface area contributed by atoms with Gasteiger partial charge in [0.2, 0.25) is 0 Å². The molecule has 2 fully saturated rings. The Morgan fingerprint density at radius 3 is 2.60 bits per heavy atom. The number of benzene rings is 3. The summed E-state index contributed by atoms with van der Waals surface area (Å²) in [6.45, 7) is 4.01. The van der Waals surface area contributed by atoms with Gasteiger partial charge in [-0.15, -0.1) is 0 Å². The number of hydrogen-bond donors (Lipinski definition) is 2. The molecule has 1 aliphatic heterocycles. The Morgan fingerprint density at radius 1 is 1.03 bits per heavy atom. The Labute approximate surface area is 175 Å². The van der Waals surface area contributed by atoms with Gasteiger partial charge in [-0.3, -0.25) is 4.79 Å². The van der Waals surface area contributed by atoms with E-state index in [9.17, 15) is 4.79 Å².